The number of piperidine rings is 1. The molecule has 0 saturated carbocycles. The molecule has 2 rings (SSSR count). The summed E-state index contributed by atoms with van der Waals surface area (Å²) in [6.45, 7) is 0.936. The van der Waals surface area contributed by atoms with Gasteiger partial charge in [-0.3, -0.25) is 4.79 Å². The first kappa shape index (κ1) is 10.4. The van der Waals surface area contributed by atoms with Gasteiger partial charge >= 0.3 is 5.97 Å². The summed E-state index contributed by atoms with van der Waals surface area (Å²) >= 11 is 1.58. The van der Waals surface area contributed by atoms with Gasteiger partial charge in [0.15, 0.2) is 5.13 Å². The summed E-state index contributed by atoms with van der Waals surface area (Å²) in [5, 5.41) is 11.7. The molecule has 1 aromatic heterocycles. The second kappa shape index (κ2) is 4.61. The van der Waals surface area contributed by atoms with E-state index in [9.17, 15) is 4.79 Å². The fourth-order valence-electron chi connectivity index (χ4n) is 2.02. The SMILES string of the molecule is O=C(O)CC1CCCCN1c1nccs1. The van der Waals surface area contributed by atoms with Crippen LogP contribution in [-0.2, 0) is 4.79 Å². The monoisotopic (exact) mass is 226 g/mol. The summed E-state index contributed by atoms with van der Waals surface area (Å²) in [5.41, 5.74) is 0. The highest BCUT2D eigenvalue weighted by molar-refractivity contribution is 7.13. The molecule has 2 heterocycles. The van der Waals surface area contributed by atoms with Crippen molar-refractivity contribution >= 4 is 22.4 Å². The molecule has 1 N–H and O–H groups in total. The molecule has 1 saturated heterocycles. The van der Waals surface area contributed by atoms with Crippen molar-refractivity contribution < 1.29 is 9.90 Å². The Morgan fingerprint density at radius 2 is 2.53 bits per heavy atom. The second-order valence-corrected chi connectivity index (χ2v) is 4.63. The molecule has 0 spiro atoms. The third-order valence-corrected chi connectivity index (χ3v) is 3.51. The number of aliphatic carboxylic acids is 1. The number of anilines is 1. The Hall–Kier alpha value is -1.10. The van der Waals surface area contributed by atoms with Crippen LogP contribution in [0.1, 0.15) is 25.7 Å². The van der Waals surface area contributed by atoms with Gasteiger partial charge in [-0.1, -0.05) is 0 Å². The van der Waals surface area contributed by atoms with Crippen LogP contribution >= 0.6 is 11.3 Å². The van der Waals surface area contributed by atoms with Crippen LogP contribution in [0.5, 0.6) is 0 Å². The normalized spacial score (nSPS) is 21.6. The van der Waals surface area contributed by atoms with E-state index >= 15 is 0 Å². The van der Waals surface area contributed by atoms with Crippen molar-refractivity contribution in [2.75, 3.05) is 11.4 Å². The van der Waals surface area contributed by atoms with Crippen molar-refractivity contribution in [1.82, 2.24) is 4.98 Å². The van der Waals surface area contributed by atoms with Crippen LogP contribution in [0.3, 0.4) is 0 Å². The fourth-order valence-corrected chi connectivity index (χ4v) is 2.76. The lowest BCUT2D eigenvalue weighted by Gasteiger charge is -2.34. The van der Waals surface area contributed by atoms with E-state index in [0.29, 0.717) is 0 Å². The molecular formula is C10H14N2O2S. The van der Waals surface area contributed by atoms with E-state index in [1.54, 1.807) is 17.5 Å². The van der Waals surface area contributed by atoms with Crippen molar-refractivity contribution in [3.8, 4) is 0 Å². The van der Waals surface area contributed by atoms with Crippen LogP contribution in [0.25, 0.3) is 0 Å². The van der Waals surface area contributed by atoms with Crippen LogP contribution in [-0.4, -0.2) is 28.6 Å². The van der Waals surface area contributed by atoms with E-state index in [1.165, 1.54) is 0 Å². The summed E-state index contributed by atoms with van der Waals surface area (Å²) < 4.78 is 0. The van der Waals surface area contributed by atoms with E-state index in [0.717, 1.165) is 30.9 Å². The zero-order chi connectivity index (χ0) is 10.7. The summed E-state index contributed by atoms with van der Waals surface area (Å²) in [6.07, 6.45) is 5.22. The highest BCUT2D eigenvalue weighted by Crippen LogP contribution is 2.27. The van der Waals surface area contributed by atoms with Gasteiger partial charge in [-0.2, -0.15) is 0 Å². The van der Waals surface area contributed by atoms with E-state index in [-0.39, 0.29) is 12.5 Å². The first-order chi connectivity index (χ1) is 7.27. The molecule has 0 bridgehead atoms. The summed E-state index contributed by atoms with van der Waals surface area (Å²) in [7, 11) is 0. The molecule has 4 nitrogen and oxygen atoms in total. The Bertz CT molecular complexity index is 326. The van der Waals surface area contributed by atoms with Gasteiger partial charge in [-0.25, -0.2) is 4.98 Å². The first-order valence-corrected chi connectivity index (χ1v) is 6.03. The summed E-state index contributed by atoms with van der Waals surface area (Å²) in [4.78, 5) is 17.1. The van der Waals surface area contributed by atoms with E-state index in [1.807, 2.05) is 5.38 Å². The molecule has 0 aromatic carbocycles. The average Bonchev–Trinajstić information content (AvgIpc) is 2.70. The predicted octanol–water partition coefficient (Wildman–Crippen LogP) is 1.98. The quantitative estimate of drug-likeness (QED) is 0.856. The maximum absolute atomic E-state index is 10.7. The molecule has 1 fully saturated rings. The van der Waals surface area contributed by atoms with Gasteiger partial charge in [-0.05, 0) is 19.3 Å². The van der Waals surface area contributed by atoms with Crippen LogP contribution in [0.2, 0.25) is 0 Å². The molecule has 1 aliphatic heterocycles. The van der Waals surface area contributed by atoms with E-state index in [2.05, 4.69) is 9.88 Å². The largest absolute Gasteiger partial charge is 0.481 e. The summed E-state index contributed by atoms with van der Waals surface area (Å²) in [5.74, 6) is -0.719. The van der Waals surface area contributed by atoms with Crippen LogP contribution < -0.4 is 4.90 Å². The molecule has 1 atom stereocenters. The third kappa shape index (κ3) is 2.47. The lowest BCUT2D eigenvalue weighted by molar-refractivity contribution is -0.137. The predicted molar refractivity (Wildman–Crippen MR) is 59.4 cm³/mol. The molecule has 5 heteroatoms. The Labute approximate surface area is 92.6 Å². The van der Waals surface area contributed by atoms with Crippen LogP contribution in [0, 0.1) is 0 Å². The van der Waals surface area contributed by atoms with Gasteiger partial charge in [0.05, 0.1) is 6.42 Å². The Kier molecular flexibility index (Phi) is 3.20. The average molecular weight is 226 g/mol. The Morgan fingerprint density at radius 3 is 3.20 bits per heavy atom. The topological polar surface area (TPSA) is 53.4 Å². The Balaban J connectivity index is 2.09. The highest BCUT2D eigenvalue weighted by atomic mass is 32.1. The van der Waals surface area contributed by atoms with E-state index in [4.69, 9.17) is 5.11 Å². The fraction of sp³-hybridized carbons (Fsp3) is 0.600. The molecule has 82 valence electrons. The van der Waals surface area contributed by atoms with Crippen molar-refractivity contribution in [2.24, 2.45) is 0 Å². The second-order valence-electron chi connectivity index (χ2n) is 3.76. The molecule has 15 heavy (non-hydrogen) atoms. The zero-order valence-electron chi connectivity index (χ0n) is 8.43. The number of hydrogen-bond donors (Lipinski definition) is 1. The zero-order valence-corrected chi connectivity index (χ0v) is 9.24. The van der Waals surface area contributed by atoms with Crippen LogP contribution in [0.15, 0.2) is 11.6 Å². The van der Waals surface area contributed by atoms with Gasteiger partial charge < -0.3 is 10.0 Å². The molecule has 0 amide bonds. The molecule has 1 unspecified atom stereocenters. The number of hydrogen-bond acceptors (Lipinski definition) is 4. The Morgan fingerprint density at radius 1 is 1.67 bits per heavy atom. The maximum atomic E-state index is 10.7. The molecule has 1 aromatic rings. The molecule has 0 radical (unpaired) electrons. The third-order valence-electron chi connectivity index (χ3n) is 2.70. The molecule has 0 aliphatic carbocycles. The number of thiazole rings is 1. The maximum Gasteiger partial charge on any atom is 0.305 e. The lowest BCUT2D eigenvalue weighted by atomic mass is 10.0. The molecular weight excluding hydrogens is 212 g/mol. The van der Waals surface area contributed by atoms with Gasteiger partial charge in [-0.15, -0.1) is 11.3 Å². The van der Waals surface area contributed by atoms with Gasteiger partial charge in [0.2, 0.25) is 0 Å². The van der Waals surface area contributed by atoms with Crippen molar-refractivity contribution in [1.29, 1.82) is 0 Å². The number of nitrogens with zero attached hydrogens (tertiary/aromatic N) is 2. The minimum Gasteiger partial charge on any atom is -0.481 e. The standard InChI is InChI=1S/C10H14N2O2S/c13-9(14)7-8-3-1-2-5-12(8)10-11-4-6-15-10/h4,6,8H,1-3,5,7H2,(H,13,14). The highest BCUT2D eigenvalue weighted by Gasteiger charge is 2.25. The first-order valence-electron chi connectivity index (χ1n) is 5.15. The van der Waals surface area contributed by atoms with Crippen molar-refractivity contribution in [3.63, 3.8) is 0 Å². The minimum atomic E-state index is -0.719. The van der Waals surface area contributed by atoms with E-state index < -0.39 is 5.97 Å². The number of carbonyl (C=O) groups is 1. The number of rotatable bonds is 3. The number of carboxylic acids is 1. The van der Waals surface area contributed by atoms with Gasteiger partial charge in [0.1, 0.15) is 0 Å². The van der Waals surface area contributed by atoms with Gasteiger partial charge in [0.25, 0.3) is 0 Å². The number of aromatic nitrogens is 1. The smallest absolute Gasteiger partial charge is 0.305 e. The van der Waals surface area contributed by atoms with Crippen molar-refractivity contribution in [3.05, 3.63) is 11.6 Å². The lowest BCUT2D eigenvalue weighted by Crippen LogP contribution is -2.40. The van der Waals surface area contributed by atoms with Crippen molar-refractivity contribution in [2.45, 2.75) is 31.7 Å². The summed E-state index contributed by atoms with van der Waals surface area (Å²) in [6, 6.07) is 0.127. The minimum absolute atomic E-state index is 0.127. The van der Waals surface area contributed by atoms with Gasteiger partial charge in [0, 0.05) is 24.2 Å². The van der Waals surface area contributed by atoms with Crippen LogP contribution in [0.4, 0.5) is 5.13 Å². The molecule has 1 aliphatic rings. The number of carboxylic acid groups (broad SMARTS) is 1.